The lowest BCUT2D eigenvalue weighted by atomic mass is 10.0. The van der Waals surface area contributed by atoms with Gasteiger partial charge in [-0.05, 0) is 38.3 Å². The standard InChI is InChI=1S/C13H15FN2O/c1-6-11-10(5-9(15)12(6)14)16(8-3-4-8)7(2)13(11)17/h5,7-8H,3-4,15H2,1-2H3. The molecule has 1 aliphatic heterocycles. The van der Waals surface area contributed by atoms with Gasteiger partial charge in [0.1, 0.15) is 5.82 Å². The van der Waals surface area contributed by atoms with Gasteiger partial charge in [0, 0.05) is 11.6 Å². The molecule has 0 saturated heterocycles. The maximum atomic E-state index is 13.7. The minimum Gasteiger partial charge on any atom is -0.396 e. The number of halogens is 1. The zero-order valence-corrected chi connectivity index (χ0v) is 9.96. The second kappa shape index (κ2) is 3.22. The number of hydrogen-bond donors (Lipinski definition) is 1. The first-order valence-corrected chi connectivity index (χ1v) is 5.93. The molecular weight excluding hydrogens is 219 g/mol. The number of rotatable bonds is 1. The zero-order chi connectivity index (χ0) is 12.3. The van der Waals surface area contributed by atoms with Crippen molar-refractivity contribution in [3.63, 3.8) is 0 Å². The Morgan fingerprint density at radius 3 is 2.71 bits per heavy atom. The molecule has 3 nitrogen and oxygen atoms in total. The van der Waals surface area contributed by atoms with Crippen LogP contribution in [0.25, 0.3) is 0 Å². The van der Waals surface area contributed by atoms with Crippen LogP contribution in [0.5, 0.6) is 0 Å². The Balaban J connectivity index is 2.23. The number of benzene rings is 1. The van der Waals surface area contributed by atoms with Crippen LogP contribution < -0.4 is 10.6 Å². The Bertz CT molecular complexity index is 523. The molecule has 2 N–H and O–H groups in total. The highest BCUT2D eigenvalue weighted by atomic mass is 19.1. The number of nitrogen functional groups attached to an aromatic ring is 1. The van der Waals surface area contributed by atoms with E-state index in [1.807, 2.05) is 6.92 Å². The van der Waals surface area contributed by atoms with Gasteiger partial charge in [0.2, 0.25) is 0 Å². The van der Waals surface area contributed by atoms with Crippen molar-refractivity contribution in [1.82, 2.24) is 0 Å². The molecule has 1 saturated carbocycles. The van der Waals surface area contributed by atoms with Crippen molar-refractivity contribution in [2.24, 2.45) is 0 Å². The third-order valence-corrected chi connectivity index (χ3v) is 3.77. The molecule has 2 aliphatic rings. The highest BCUT2D eigenvalue weighted by Crippen LogP contribution is 2.43. The summed E-state index contributed by atoms with van der Waals surface area (Å²) < 4.78 is 13.7. The van der Waals surface area contributed by atoms with Crippen LogP contribution in [0.4, 0.5) is 15.8 Å². The molecule has 3 rings (SSSR count). The van der Waals surface area contributed by atoms with Crippen molar-refractivity contribution in [2.45, 2.75) is 38.8 Å². The van der Waals surface area contributed by atoms with E-state index in [1.54, 1.807) is 13.0 Å². The van der Waals surface area contributed by atoms with E-state index >= 15 is 0 Å². The van der Waals surface area contributed by atoms with Crippen molar-refractivity contribution in [2.75, 3.05) is 10.6 Å². The van der Waals surface area contributed by atoms with Gasteiger partial charge in [0.25, 0.3) is 0 Å². The summed E-state index contributed by atoms with van der Waals surface area (Å²) in [6.45, 7) is 3.51. The van der Waals surface area contributed by atoms with Crippen molar-refractivity contribution < 1.29 is 9.18 Å². The van der Waals surface area contributed by atoms with Gasteiger partial charge >= 0.3 is 0 Å². The molecule has 0 aromatic heterocycles. The van der Waals surface area contributed by atoms with Crippen LogP contribution in [0, 0.1) is 12.7 Å². The van der Waals surface area contributed by atoms with E-state index in [9.17, 15) is 9.18 Å². The summed E-state index contributed by atoms with van der Waals surface area (Å²) in [5.74, 6) is -0.440. The van der Waals surface area contributed by atoms with Crippen LogP contribution in [0.15, 0.2) is 6.07 Å². The lowest BCUT2D eigenvalue weighted by Gasteiger charge is -2.23. The van der Waals surface area contributed by atoms with Crippen molar-refractivity contribution in [1.29, 1.82) is 0 Å². The summed E-state index contributed by atoms with van der Waals surface area (Å²) in [4.78, 5) is 14.3. The Morgan fingerprint density at radius 1 is 1.47 bits per heavy atom. The quantitative estimate of drug-likeness (QED) is 0.758. The number of fused-ring (bicyclic) bond motifs is 1. The van der Waals surface area contributed by atoms with E-state index in [-0.39, 0.29) is 17.5 Å². The van der Waals surface area contributed by atoms with Gasteiger partial charge in [-0.15, -0.1) is 0 Å². The van der Waals surface area contributed by atoms with Crippen molar-refractivity contribution in [3.05, 3.63) is 23.0 Å². The Kier molecular flexibility index (Phi) is 2.00. The number of nitrogens with two attached hydrogens (primary N) is 1. The number of hydrogen-bond acceptors (Lipinski definition) is 3. The molecule has 4 heteroatoms. The van der Waals surface area contributed by atoms with Crippen LogP contribution in [0.2, 0.25) is 0 Å². The minimum atomic E-state index is -0.457. The van der Waals surface area contributed by atoms with Gasteiger partial charge in [-0.25, -0.2) is 4.39 Å². The normalized spacial score (nSPS) is 23.1. The lowest BCUT2D eigenvalue weighted by molar-refractivity contribution is 0.0975. The van der Waals surface area contributed by atoms with E-state index in [4.69, 9.17) is 5.73 Å². The fourth-order valence-electron chi connectivity index (χ4n) is 2.73. The molecule has 0 bridgehead atoms. The predicted molar refractivity (Wildman–Crippen MR) is 64.8 cm³/mol. The van der Waals surface area contributed by atoms with Crippen molar-refractivity contribution in [3.8, 4) is 0 Å². The maximum absolute atomic E-state index is 13.7. The third kappa shape index (κ3) is 1.30. The molecule has 1 aromatic rings. The monoisotopic (exact) mass is 234 g/mol. The van der Waals surface area contributed by atoms with E-state index in [0.29, 0.717) is 17.2 Å². The number of ketones is 1. The molecular formula is C13H15FN2O. The Labute approximate surface area is 99.4 Å². The molecule has 0 radical (unpaired) electrons. The van der Waals surface area contributed by atoms with Crippen LogP contribution in [-0.2, 0) is 0 Å². The number of carbonyl (C=O) groups is 1. The third-order valence-electron chi connectivity index (χ3n) is 3.77. The lowest BCUT2D eigenvalue weighted by Crippen LogP contribution is -2.34. The maximum Gasteiger partial charge on any atom is 0.187 e. The first kappa shape index (κ1) is 10.6. The van der Waals surface area contributed by atoms with Gasteiger partial charge in [0.05, 0.1) is 17.4 Å². The molecule has 90 valence electrons. The number of carbonyl (C=O) groups excluding carboxylic acids is 1. The Hall–Kier alpha value is -1.58. The SMILES string of the molecule is Cc1c(F)c(N)cc2c1C(=O)C(C)N2C1CC1. The predicted octanol–water partition coefficient (Wildman–Crippen LogP) is 2.27. The molecule has 1 aromatic carbocycles. The summed E-state index contributed by atoms with van der Waals surface area (Å²) in [6, 6.07) is 1.86. The van der Waals surface area contributed by atoms with E-state index in [0.717, 1.165) is 18.5 Å². The Morgan fingerprint density at radius 2 is 2.12 bits per heavy atom. The molecule has 0 spiro atoms. The smallest absolute Gasteiger partial charge is 0.187 e. The molecule has 1 aliphatic carbocycles. The van der Waals surface area contributed by atoms with Crippen LogP contribution in [0.3, 0.4) is 0 Å². The summed E-state index contributed by atoms with van der Waals surface area (Å²) in [5, 5.41) is 0. The fourth-order valence-corrected chi connectivity index (χ4v) is 2.73. The van der Waals surface area contributed by atoms with Gasteiger partial charge in [-0.3, -0.25) is 4.79 Å². The van der Waals surface area contributed by atoms with Crippen LogP contribution >= 0.6 is 0 Å². The van der Waals surface area contributed by atoms with Crippen LogP contribution in [0.1, 0.15) is 35.7 Å². The van der Waals surface area contributed by atoms with Crippen molar-refractivity contribution >= 4 is 17.2 Å². The second-order valence-electron chi connectivity index (χ2n) is 4.98. The highest BCUT2D eigenvalue weighted by molar-refractivity contribution is 6.12. The van der Waals surface area contributed by atoms with E-state index < -0.39 is 5.82 Å². The van der Waals surface area contributed by atoms with Gasteiger partial charge in [-0.2, -0.15) is 0 Å². The molecule has 1 fully saturated rings. The number of anilines is 2. The molecule has 1 atom stereocenters. The summed E-state index contributed by atoms with van der Waals surface area (Å²) >= 11 is 0. The van der Waals surface area contributed by atoms with Crippen LogP contribution in [-0.4, -0.2) is 17.9 Å². The summed E-state index contributed by atoms with van der Waals surface area (Å²) in [7, 11) is 0. The van der Waals surface area contributed by atoms with Gasteiger partial charge < -0.3 is 10.6 Å². The van der Waals surface area contributed by atoms with Gasteiger partial charge in [0.15, 0.2) is 5.78 Å². The second-order valence-corrected chi connectivity index (χ2v) is 4.98. The average Bonchev–Trinajstić information content (AvgIpc) is 3.06. The van der Waals surface area contributed by atoms with E-state index in [1.165, 1.54) is 0 Å². The topological polar surface area (TPSA) is 46.3 Å². The summed E-state index contributed by atoms with van der Waals surface area (Å²) in [5.41, 5.74) is 7.52. The first-order chi connectivity index (χ1) is 8.02. The number of Topliss-reactive ketones (excluding diaryl/α,β-unsaturated/α-hetero) is 1. The number of nitrogens with zero attached hydrogens (tertiary/aromatic N) is 1. The average molecular weight is 234 g/mol. The van der Waals surface area contributed by atoms with E-state index in [2.05, 4.69) is 4.90 Å². The molecule has 1 heterocycles. The fraction of sp³-hybridized carbons (Fsp3) is 0.462. The largest absolute Gasteiger partial charge is 0.396 e. The molecule has 1 unspecified atom stereocenters. The molecule has 0 amide bonds. The zero-order valence-electron chi connectivity index (χ0n) is 9.96. The highest BCUT2D eigenvalue weighted by Gasteiger charge is 2.43. The first-order valence-electron chi connectivity index (χ1n) is 5.93. The minimum absolute atomic E-state index is 0.0169. The van der Waals surface area contributed by atoms with Gasteiger partial charge in [-0.1, -0.05) is 0 Å². The molecule has 17 heavy (non-hydrogen) atoms. The summed E-state index contributed by atoms with van der Waals surface area (Å²) in [6.07, 6.45) is 2.21.